The first kappa shape index (κ1) is 49.9. The Bertz CT molecular complexity index is 2160. The SMILES string of the molecule is CCCCCCCCCCC1CC2(C=O)C3CCC45CCC#Cc6cccc(CO)c6CC(NC)C6CC(CC4(O)C3(O)C(O)C3CC(C(C)C4CCCC4)CCC(C1O)C32O)C5C1=CC(=O)OC16. The van der Waals surface area contributed by atoms with Crippen LogP contribution >= 0.6 is 0 Å². The van der Waals surface area contributed by atoms with Crippen molar-refractivity contribution in [1.82, 2.24) is 5.32 Å². The minimum atomic E-state index is -2.20. The molecule has 8 aliphatic carbocycles. The number of esters is 1. The number of ether oxygens (including phenoxy) is 1. The maximum Gasteiger partial charge on any atom is 0.331 e. The Labute approximate surface area is 412 Å². The zero-order valence-electron chi connectivity index (χ0n) is 42.1. The van der Waals surface area contributed by atoms with Gasteiger partial charge in [-0.1, -0.05) is 115 Å². The molecule has 7 N–H and O–H groups in total. The number of aliphatic hydroxyl groups is 6. The lowest BCUT2D eigenvalue weighted by molar-refractivity contribution is -0.379. The van der Waals surface area contributed by atoms with Gasteiger partial charge in [-0.15, -0.1) is 0 Å². The fourth-order valence-corrected chi connectivity index (χ4v) is 19.0. The predicted molar refractivity (Wildman–Crippen MR) is 264 cm³/mol. The molecule has 69 heavy (non-hydrogen) atoms. The number of aliphatic hydroxyl groups excluding tert-OH is 3. The van der Waals surface area contributed by atoms with Crippen LogP contribution in [0.25, 0.3) is 0 Å². The molecule has 4 bridgehead atoms. The summed E-state index contributed by atoms with van der Waals surface area (Å²) in [5, 5.41) is 83.4. The third-order valence-electron chi connectivity index (χ3n) is 22.1. The Morgan fingerprint density at radius 3 is 2.38 bits per heavy atom. The fraction of sp³-hybridized carbons (Fsp3) is 0.797. The minimum absolute atomic E-state index is 0.0984. The summed E-state index contributed by atoms with van der Waals surface area (Å²) in [4.78, 5) is 28.4. The molecule has 1 aromatic carbocycles. The molecule has 380 valence electrons. The van der Waals surface area contributed by atoms with Crippen LogP contribution in [-0.2, 0) is 27.4 Å². The number of benzene rings is 1. The molecule has 1 aromatic rings. The van der Waals surface area contributed by atoms with Crippen molar-refractivity contribution in [2.75, 3.05) is 7.05 Å². The Morgan fingerprint density at radius 1 is 0.899 bits per heavy atom. The molecule has 1 aliphatic heterocycles. The molecule has 0 radical (unpaired) electrons. The minimum Gasteiger partial charge on any atom is -0.454 e. The van der Waals surface area contributed by atoms with Gasteiger partial charge in [0.2, 0.25) is 0 Å². The number of unbranched alkanes of at least 4 members (excludes halogenated alkanes) is 7. The maximum atomic E-state index is 14.8. The smallest absolute Gasteiger partial charge is 0.331 e. The Kier molecular flexibility index (Phi) is 14.0. The van der Waals surface area contributed by atoms with Gasteiger partial charge in [-0.05, 0) is 136 Å². The van der Waals surface area contributed by atoms with Crippen LogP contribution in [0.4, 0.5) is 0 Å². The number of hydrogen-bond acceptors (Lipinski definition) is 10. The normalized spacial score (nSPS) is 44.8. The lowest BCUT2D eigenvalue weighted by Gasteiger charge is -2.73. The van der Waals surface area contributed by atoms with Gasteiger partial charge in [-0.25, -0.2) is 4.79 Å². The van der Waals surface area contributed by atoms with Crippen molar-refractivity contribution < 1.29 is 45.0 Å². The van der Waals surface area contributed by atoms with Crippen molar-refractivity contribution in [3.63, 3.8) is 0 Å². The predicted octanol–water partition coefficient (Wildman–Crippen LogP) is 7.88. The number of carbonyl (C=O) groups is 2. The monoisotopic (exact) mass is 952 g/mol. The standard InChI is InChI=1S/C59H85NO9/c1-4-5-6-7-8-9-10-11-20-40-32-56(35-62)49-25-27-55-26-15-14-19-38-21-16-22-41(34-61)43(38)30-48(60-3)44-28-42(51(55)45-31-50(63)69-53(44)45)33-57(55,66)59(49,68)54(65)47-29-39(36(2)37-17-12-13-18-37)23-24-46(52(40)64)58(47,56)67/h16,21-22,31,35-37,39-40,42,44,46-49,51-54,60-61,64-68H,4-13,15,17-18,20,23-30,32-34H2,1-3H3. The molecule has 7 saturated carbocycles. The molecule has 9 aliphatic rings. The summed E-state index contributed by atoms with van der Waals surface area (Å²) in [6.07, 6.45) is 18.9. The van der Waals surface area contributed by atoms with Gasteiger partial charge in [0.25, 0.3) is 0 Å². The number of rotatable bonds is 14. The summed E-state index contributed by atoms with van der Waals surface area (Å²) in [5.41, 5.74) is -5.04. The summed E-state index contributed by atoms with van der Waals surface area (Å²) in [5.74, 6) is 3.82. The van der Waals surface area contributed by atoms with Crippen LogP contribution in [0.1, 0.15) is 178 Å². The van der Waals surface area contributed by atoms with E-state index < -0.39 is 69.7 Å². The molecule has 0 saturated heterocycles. The summed E-state index contributed by atoms with van der Waals surface area (Å²) in [6.45, 7) is 4.43. The second kappa shape index (κ2) is 19.3. The molecule has 0 aromatic heterocycles. The number of nitrogens with one attached hydrogen (secondary N) is 1. The average Bonchev–Trinajstić information content (AvgIpc) is 4.06. The van der Waals surface area contributed by atoms with Crippen LogP contribution in [0.2, 0.25) is 0 Å². The summed E-state index contributed by atoms with van der Waals surface area (Å²) < 4.78 is 6.30. The third kappa shape index (κ3) is 7.48. The van der Waals surface area contributed by atoms with E-state index in [0.29, 0.717) is 56.8 Å². The largest absolute Gasteiger partial charge is 0.454 e. The fourth-order valence-electron chi connectivity index (χ4n) is 19.0. The number of aldehydes is 1. The van der Waals surface area contributed by atoms with E-state index in [0.717, 1.165) is 73.5 Å². The van der Waals surface area contributed by atoms with E-state index in [1.54, 1.807) is 6.08 Å². The van der Waals surface area contributed by atoms with Crippen molar-refractivity contribution in [1.29, 1.82) is 0 Å². The van der Waals surface area contributed by atoms with Crippen molar-refractivity contribution >= 4 is 12.3 Å². The summed E-state index contributed by atoms with van der Waals surface area (Å²) in [6, 6.07) is 5.66. The van der Waals surface area contributed by atoms with Gasteiger partial charge in [-0.3, -0.25) is 0 Å². The molecule has 18 atom stereocenters. The summed E-state index contributed by atoms with van der Waals surface area (Å²) >= 11 is 0. The van der Waals surface area contributed by atoms with Gasteiger partial charge in [0.1, 0.15) is 23.6 Å². The number of likely N-dealkylation sites (N-methyl/N-ethyl adjacent to an activating group) is 1. The van der Waals surface area contributed by atoms with E-state index >= 15 is 0 Å². The van der Waals surface area contributed by atoms with Crippen LogP contribution in [0.5, 0.6) is 0 Å². The van der Waals surface area contributed by atoms with Gasteiger partial charge in [0, 0.05) is 53.2 Å². The molecule has 10 rings (SSSR count). The Hall–Kier alpha value is -2.62. The van der Waals surface area contributed by atoms with Gasteiger partial charge in [0.15, 0.2) is 0 Å². The molecule has 1 heterocycles. The first-order valence-corrected chi connectivity index (χ1v) is 28.1. The molecular formula is C59H85NO9. The van der Waals surface area contributed by atoms with Crippen LogP contribution < -0.4 is 5.32 Å². The topological polar surface area (TPSA) is 177 Å². The van der Waals surface area contributed by atoms with E-state index in [9.17, 15) is 40.2 Å². The van der Waals surface area contributed by atoms with Crippen molar-refractivity contribution in [3.8, 4) is 11.8 Å². The van der Waals surface area contributed by atoms with Crippen molar-refractivity contribution in [3.05, 3.63) is 46.5 Å². The van der Waals surface area contributed by atoms with Crippen molar-refractivity contribution in [2.45, 2.75) is 216 Å². The lowest BCUT2D eigenvalue weighted by Crippen LogP contribution is -2.85. The first-order chi connectivity index (χ1) is 33.3. The Balaban J connectivity index is 1.09. The molecule has 18 unspecified atom stereocenters. The second-order valence-corrected chi connectivity index (χ2v) is 24.6. The van der Waals surface area contributed by atoms with E-state index in [1.807, 2.05) is 25.2 Å². The molecule has 10 nitrogen and oxygen atoms in total. The van der Waals surface area contributed by atoms with Gasteiger partial charge < -0.3 is 45.5 Å². The second-order valence-electron chi connectivity index (χ2n) is 24.6. The van der Waals surface area contributed by atoms with Crippen LogP contribution in [0.3, 0.4) is 0 Å². The van der Waals surface area contributed by atoms with Crippen LogP contribution in [-0.4, -0.2) is 91.1 Å². The zero-order valence-corrected chi connectivity index (χ0v) is 42.1. The average molecular weight is 952 g/mol. The highest BCUT2D eigenvalue weighted by Gasteiger charge is 2.85. The van der Waals surface area contributed by atoms with Gasteiger partial charge >= 0.3 is 5.97 Å². The van der Waals surface area contributed by atoms with E-state index in [-0.39, 0.29) is 61.5 Å². The summed E-state index contributed by atoms with van der Waals surface area (Å²) in [7, 11) is 1.92. The highest BCUT2D eigenvalue weighted by atomic mass is 16.5. The molecule has 1 spiro atoms. The molecular weight excluding hydrogens is 867 g/mol. The number of carbonyl (C=O) groups excluding carboxylic acids is 2. The third-order valence-corrected chi connectivity index (χ3v) is 22.1. The van der Waals surface area contributed by atoms with Gasteiger partial charge in [0.05, 0.1) is 29.8 Å². The zero-order chi connectivity index (χ0) is 48.5. The molecule has 10 heteroatoms. The van der Waals surface area contributed by atoms with Gasteiger partial charge in [-0.2, -0.15) is 0 Å². The quantitative estimate of drug-likeness (QED) is 0.0421. The first-order valence-electron chi connectivity index (χ1n) is 28.1. The molecule has 0 amide bonds. The lowest BCUT2D eigenvalue weighted by atomic mass is 9.34. The van der Waals surface area contributed by atoms with E-state index in [4.69, 9.17) is 4.74 Å². The highest BCUT2D eigenvalue weighted by molar-refractivity contribution is 5.86. The highest BCUT2D eigenvalue weighted by Crippen LogP contribution is 2.78. The van der Waals surface area contributed by atoms with E-state index in [2.05, 4.69) is 31.0 Å². The van der Waals surface area contributed by atoms with Crippen LogP contribution in [0, 0.1) is 81.8 Å². The van der Waals surface area contributed by atoms with E-state index in [1.165, 1.54) is 44.9 Å². The Morgan fingerprint density at radius 2 is 1.65 bits per heavy atom. The number of fused-ring (bicyclic) bond motifs is 7. The maximum absolute atomic E-state index is 14.8. The van der Waals surface area contributed by atoms with Crippen molar-refractivity contribution in [2.24, 2.45) is 70.0 Å². The van der Waals surface area contributed by atoms with Crippen LogP contribution in [0.15, 0.2) is 29.8 Å². The number of hydrogen-bond donors (Lipinski definition) is 7. The molecule has 7 fully saturated rings.